The Morgan fingerprint density at radius 3 is 2.29 bits per heavy atom. The number of aryl methyl sites for hydroxylation is 3. The molecule has 4 aromatic rings. The summed E-state index contributed by atoms with van der Waals surface area (Å²) in [6.45, 7) is 6.08. The zero-order valence-corrected chi connectivity index (χ0v) is 17.8. The highest BCUT2D eigenvalue weighted by molar-refractivity contribution is 6.05. The molecule has 2 N–H and O–H groups in total. The van der Waals surface area contributed by atoms with Gasteiger partial charge in [-0.3, -0.25) is 4.79 Å². The van der Waals surface area contributed by atoms with Crippen LogP contribution in [0.15, 0.2) is 79.1 Å². The van der Waals surface area contributed by atoms with Gasteiger partial charge in [0.05, 0.1) is 5.69 Å². The number of hydrogen-bond donors (Lipinski definition) is 2. The summed E-state index contributed by atoms with van der Waals surface area (Å²) in [6.07, 6.45) is 1.54. The van der Waals surface area contributed by atoms with Gasteiger partial charge in [0, 0.05) is 28.6 Å². The van der Waals surface area contributed by atoms with Crippen LogP contribution < -0.4 is 10.6 Å². The van der Waals surface area contributed by atoms with Gasteiger partial charge in [0.1, 0.15) is 12.1 Å². The summed E-state index contributed by atoms with van der Waals surface area (Å²) < 4.78 is 0. The first-order chi connectivity index (χ1) is 15.0. The number of nitrogens with one attached hydrogen (secondary N) is 2. The topological polar surface area (TPSA) is 66.9 Å². The van der Waals surface area contributed by atoms with E-state index in [4.69, 9.17) is 0 Å². The first-order valence-corrected chi connectivity index (χ1v) is 10.1. The van der Waals surface area contributed by atoms with Gasteiger partial charge in [-0.15, -0.1) is 0 Å². The lowest BCUT2D eigenvalue weighted by Crippen LogP contribution is -2.12. The molecule has 0 atom stereocenters. The molecular weight excluding hydrogens is 384 g/mol. The molecule has 5 heteroatoms. The second-order valence-corrected chi connectivity index (χ2v) is 7.69. The van der Waals surface area contributed by atoms with Crippen molar-refractivity contribution in [3.05, 3.63) is 101 Å². The van der Waals surface area contributed by atoms with Gasteiger partial charge < -0.3 is 10.6 Å². The van der Waals surface area contributed by atoms with Crippen LogP contribution in [0, 0.1) is 20.8 Å². The highest BCUT2D eigenvalue weighted by Crippen LogP contribution is 2.23. The maximum atomic E-state index is 12.7. The van der Waals surface area contributed by atoms with Crippen LogP contribution in [0.4, 0.5) is 17.2 Å². The van der Waals surface area contributed by atoms with E-state index in [-0.39, 0.29) is 5.91 Å². The Labute approximate surface area is 182 Å². The molecule has 154 valence electrons. The molecule has 0 saturated carbocycles. The zero-order chi connectivity index (χ0) is 21.8. The second kappa shape index (κ2) is 8.79. The average molecular weight is 409 g/mol. The van der Waals surface area contributed by atoms with Gasteiger partial charge in [0.25, 0.3) is 5.91 Å². The van der Waals surface area contributed by atoms with E-state index in [1.165, 1.54) is 11.9 Å². The summed E-state index contributed by atoms with van der Waals surface area (Å²) in [5.41, 5.74) is 7.40. The molecule has 0 aliphatic carbocycles. The first kappa shape index (κ1) is 20.3. The van der Waals surface area contributed by atoms with Crippen LogP contribution in [0.3, 0.4) is 0 Å². The number of hydrogen-bond acceptors (Lipinski definition) is 4. The van der Waals surface area contributed by atoms with Crippen LogP contribution in [-0.2, 0) is 0 Å². The third kappa shape index (κ3) is 5.14. The molecule has 1 amide bonds. The Hall–Kier alpha value is -3.99. The molecule has 0 unspecified atom stereocenters. The molecule has 3 aromatic carbocycles. The monoisotopic (exact) mass is 408 g/mol. The van der Waals surface area contributed by atoms with Crippen molar-refractivity contribution in [3.63, 3.8) is 0 Å². The zero-order valence-electron chi connectivity index (χ0n) is 17.8. The summed E-state index contributed by atoms with van der Waals surface area (Å²) in [5.74, 6) is 0.509. The SMILES string of the molecule is Cc1cc(C)cc(NC(=O)c2cccc(Nc3cc(-c4cccc(C)c4)ncn3)c2)c1. The molecule has 0 fully saturated rings. The molecule has 0 aliphatic rings. The van der Waals surface area contributed by atoms with E-state index in [0.29, 0.717) is 11.4 Å². The van der Waals surface area contributed by atoms with Crippen molar-refractivity contribution < 1.29 is 4.79 Å². The number of benzene rings is 3. The molecule has 5 nitrogen and oxygen atoms in total. The number of nitrogens with zero attached hydrogens (tertiary/aromatic N) is 2. The summed E-state index contributed by atoms with van der Waals surface area (Å²) in [7, 11) is 0. The van der Waals surface area contributed by atoms with Gasteiger partial charge >= 0.3 is 0 Å². The van der Waals surface area contributed by atoms with Crippen LogP contribution in [0.5, 0.6) is 0 Å². The van der Waals surface area contributed by atoms with Gasteiger partial charge in [-0.05, 0) is 68.3 Å². The molecule has 0 spiro atoms. The van der Waals surface area contributed by atoms with Gasteiger partial charge in [-0.25, -0.2) is 9.97 Å². The Morgan fingerprint density at radius 2 is 1.52 bits per heavy atom. The number of anilines is 3. The van der Waals surface area contributed by atoms with Crippen LogP contribution in [0.25, 0.3) is 11.3 Å². The highest BCUT2D eigenvalue weighted by atomic mass is 16.1. The standard InChI is InChI=1S/C26H24N4O/c1-17-6-4-7-20(11-17)24-15-25(28-16-27-24)29-22-9-5-8-21(14-22)26(31)30-23-12-18(2)10-19(3)13-23/h4-16H,1-3H3,(H,30,31)(H,27,28,29). The van der Waals surface area contributed by atoms with E-state index in [2.05, 4.69) is 45.7 Å². The molecule has 4 rings (SSSR count). The smallest absolute Gasteiger partial charge is 0.255 e. The van der Waals surface area contributed by atoms with Gasteiger partial charge in [0.15, 0.2) is 0 Å². The average Bonchev–Trinajstić information content (AvgIpc) is 2.73. The Morgan fingerprint density at radius 1 is 0.742 bits per heavy atom. The van der Waals surface area contributed by atoms with E-state index in [9.17, 15) is 4.79 Å². The Kier molecular flexibility index (Phi) is 5.76. The predicted octanol–water partition coefficient (Wildman–Crippen LogP) is 6.06. The molecule has 0 saturated heterocycles. The number of rotatable bonds is 5. The normalized spacial score (nSPS) is 10.5. The quantitative estimate of drug-likeness (QED) is 0.421. The maximum absolute atomic E-state index is 12.7. The molecule has 1 aromatic heterocycles. The Bertz CT molecular complexity index is 1230. The van der Waals surface area contributed by atoms with Gasteiger partial charge in [0.2, 0.25) is 0 Å². The second-order valence-electron chi connectivity index (χ2n) is 7.69. The number of carbonyl (C=O) groups is 1. The van der Waals surface area contributed by atoms with Gasteiger partial charge in [-0.2, -0.15) is 0 Å². The fourth-order valence-corrected chi connectivity index (χ4v) is 3.52. The summed E-state index contributed by atoms with van der Waals surface area (Å²) >= 11 is 0. The van der Waals surface area contributed by atoms with Crippen LogP contribution in [0.1, 0.15) is 27.0 Å². The van der Waals surface area contributed by atoms with Crippen LogP contribution in [0.2, 0.25) is 0 Å². The van der Waals surface area contributed by atoms with Crippen LogP contribution >= 0.6 is 0 Å². The first-order valence-electron chi connectivity index (χ1n) is 10.1. The van der Waals surface area contributed by atoms with E-state index >= 15 is 0 Å². The highest BCUT2D eigenvalue weighted by Gasteiger charge is 2.09. The molecule has 0 bridgehead atoms. The minimum absolute atomic E-state index is 0.156. The van der Waals surface area contributed by atoms with Crippen molar-refractivity contribution >= 4 is 23.1 Å². The lowest BCUT2D eigenvalue weighted by atomic mass is 10.1. The fraction of sp³-hybridized carbons (Fsp3) is 0.115. The van der Waals surface area contributed by atoms with Crippen LogP contribution in [-0.4, -0.2) is 15.9 Å². The van der Waals surface area contributed by atoms with Crippen molar-refractivity contribution in [2.75, 3.05) is 10.6 Å². The van der Waals surface area contributed by atoms with Crippen molar-refractivity contribution in [3.8, 4) is 11.3 Å². The Balaban J connectivity index is 1.52. The van der Waals surface area contributed by atoms with E-state index in [1.54, 1.807) is 6.07 Å². The van der Waals surface area contributed by atoms with Crippen molar-refractivity contribution in [2.24, 2.45) is 0 Å². The largest absolute Gasteiger partial charge is 0.340 e. The summed E-state index contributed by atoms with van der Waals surface area (Å²) in [5, 5.41) is 6.25. The number of aromatic nitrogens is 2. The summed E-state index contributed by atoms with van der Waals surface area (Å²) in [4.78, 5) is 21.5. The molecule has 31 heavy (non-hydrogen) atoms. The lowest BCUT2D eigenvalue weighted by molar-refractivity contribution is 0.102. The third-order valence-corrected chi connectivity index (χ3v) is 4.86. The van der Waals surface area contributed by atoms with E-state index in [0.717, 1.165) is 33.8 Å². The third-order valence-electron chi connectivity index (χ3n) is 4.86. The molecule has 0 radical (unpaired) electrons. The minimum Gasteiger partial charge on any atom is -0.340 e. The molecule has 1 heterocycles. The number of carbonyl (C=O) groups excluding carboxylic acids is 1. The predicted molar refractivity (Wildman–Crippen MR) is 126 cm³/mol. The number of amides is 1. The minimum atomic E-state index is -0.156. The van der Waals surface area contributed by atoms with Crippen molar-refractivity contribution in [1.82, 2.24) is 9.97 Å². The maximum Gasteiger partial charge on any atom is 0.255 e. The summed E-state index contributed by atoms with van der Waals surface area (Å²) in [6, 6.07) is 23.4. The van der Waals surface area contributed by atoms with Crippen molar-refractivity contribution in [2.45, 2.75) is 20.8 Å². The van der Waals surface area contributed by atoms with Crippen molar-refractivity contribution in [1.29, 1.82) is 0 Å². The lowest BCUT2D eigenvalue weighted by Gasteiger charge is -2.10. The van der Waals surface area contributed by atoms with Gasteiger partial charge in [-0.1, -0.05) is 35.9 Å². The molecular formula is C26H24N4O. The fourth-order valence-electron chi connectivity index (χ4n) is 3.52. The van der Waals surface area contributed by atoms with E-state index in [1.807, 2.05) is 62.4 Å². The van der Waals surface area contributed by atoms with E-state index < -0.39 is 0 Å². The molecule has 0 aliphatic heterocycles.